The minimum atomic E-state index is 0.458. The standard InChI is InChI=1S/C18H28N2/c1-16(17-8-4-2-5-9-17)14-20-13-12-19-15-18(20)10-6-3-7-11-18/h2,4-5,8-9,16,19H,3,6-7,10-15H2,1H3. The lowest BCUT2D eigenvalue weighted by atomic mass is 9.78. The number of nitrogens with zero attached hydrogens (tertiary/aromatic N) is 1. The van der Waals surface area contributed by atoms with Crippen molar-refractivity contribution in [2.24, 2.45) is 0 Å². The van der Waals surface area contributed by atoms with Gasteiger partial charge in [-0.3, -0.25) is 4.90 Å². The Morgan fingerprint density at radius 1 is 1.15 bits per heavy atom. The van der Waals surface area contributed by atoms with Crippen LogP contribution in [0.4, 0.5) is 0 Å². The van der Waals surface area contributed by atoms with Gasteiger partial charge in [-0.05, 0) is 24.3 Å². The lowest BCUT2D eigenvalue weighted by Crippen LogP contribution is -2.62. The van der Waals surface area contributed by atoms with Gasteiger partial charge < -0.3 is 5.32 Å². The Bertz CT molecular complexity index is 400. The Morgan fingerprint density at radius 3 is 2.65 bits per heavy atom. The minimum absolute atomic E-state index is 0.458. The Kier molecular flexibility index (Phi) is 4.42. The van der Waals surface area contributed by atoms with Crippen molar-refractivity contribution in [2.45, 2.75) is 50.5 Å². The van der Waals surface area contributed by atoms with Gasteiger partial charge >= 0.3 is 0 Å². The molecule has 0 aromatic heterocycles. The summed E-state index contributed by atoms with van der Waals surface area (Å²) >= 11 is 0. The van der Waals surface area contributed by atoms with Crippen LogP contribution in [0.2, 0.25) is 0 Å². The molecule has 2 heteroatoms. The highest BCUT2D eigenvalue weighted by molar-refractivity contribution is 5.19. The first kappa shape index (κ1) is 14.1. The van der Waals surface area contributed by atoms with Crippen LogP contribution >= 0.6 is 0 Å². The molecular formula is C18H28N2. The van der Waals surface area contributed by atoms with Crippen molar-refractivity contribution in [2.75, 3.05) is 26.2 Å². The first-order chi connectivity index (χ1) is 9.80. The number of hydrogen-bond acceptors (Lipinski definition) is 2. The summed E-state index contributed by atoms with van der Waals surface area (Å²) in [5, 5.41) is 3.65. The maximum Gasteiger partial charge on any atom is 0.0334 e. The average Bonchev–Trinajstić information content (AvgIpc) is 2.51. The van der Waals surface area contributed by atoms with E-state index in [0.717, 1.165) is 6.54 Å². The highest BCUT2D eigenvalue weighted by atomic mass is 15.3. The SMILES string of the molecule is CC(CN1CCNCC12CCCCC2)c1ccccc1. The quantitative estimate of drug-likeness (QED) is 0.907. The molecule has 2 nitrogen and oxygen atoms in total. The van der Waals surface area contributed by atoms with Gasteiger partial charge in [0.1, 0.15) is 0 Å². The van der Waals surface area contributed by atoms with Gasteiger partial charge in [0.05, 0.1) is 0 Å². The van der Waals surface area contributed by atoms with Crippen LogP contribution in [0.1, 0.15) is 50.5 Å². The average molecular weight is 272 g/mol. The molecule has 0 bridgehead atoms. The summed E-state index contributed by atoms with van der Waals surface area (Å²) in [5.74, 6) is 0.633. The molecule has 0 radical (unpaired) electrons. The second-order valence-corrected chi connectivity index (χ2v) is 6.72. The van der Waals surface area contributed by atoms with Gasteiger partial charge in [0.25, 0.3) is 0 Å². The molecule has 20 heavy (non-hydrogen) atoms. The third kappa shape index (κ3) is 2.91. The summed E-state index contributed by atoms with van der Waals surface area (Å²) in [6, 6.07) is 11.0. The highest BCUT2D eigenvalue weighted by Crippen LogP contribution is 2.35. The summed E-state index contributed by atoms with van der Waals surface area (Å²) < 4.78 is 0. The first-order valence-corrected chi connectivity index (χ1v) is 8.31. The van der Waals surface area contributed by atoms with Crippen molar-refractivity contribution < 1.29 is 0 Å². The van der Waals surface area contributed by atoms with Gasteiger partial charge in [0.15, 0.2) is 0 Å². The van der Waals surface area contributed by atoms with E-state index in [1.165, 1.54) is 57.3 Å². The Balaban J connectivity index is 1.70. The predicted octanol–water partition coefficient (Wildman–Crippen LogP) is 3.40. The predicted molar refractivity (Wildman–Crippen MR) is 85.1 cm³/mol. The van der Waals surface area contributed by atoms with E-state index in [1.54, 1.807) is 0 Å². The molecule has 2 fully saturated rings. The van der Waals surface area contributed by atoms with Crippen molar-refractivity contribution >= 4 is 0 Å². The Morgan fingerprint density at radius 2 is 1.90 bits per heavy atom. The van der Waals surface area contributed by atoms with Crippen molar-refractivity contribution in [1.82, 2.24) is 10.2 Å². The molecule has 1 aromatic carbocycles. The van der Waals surface area contributed by atoms with Crippen LogP contribution in [0.15, 0.2) is 30.3 Å². The number of rotatable bonds is 3. The molecular weight excluding hydrogens is 244 g/mol. The summed E-state index contributed by atoms with van der Waals surface area (Å²) in [7, 11) is 0. The number of hydrogen-bond donors (Lipinski definition) is 1. The van der Waals surface area contributed by atoms with E-state index in [1.807, 2.05) is 0 Å². The van der Waals surface area contributed by atoms with E-state index >= 15 is 0 Å². The summed E-state index contributed by atoms with van der Waals surface area (Å²) in [4.78, 5) is 2.81. The molecule has 1 N–H and O–H groups in total. The molecule has 110 valence electrons. The molecule has 1 saturated heterocycles. The smallest absolute Gasteiger partial charge is 0.0334 e. The molecule has 1 atom stereocenters. The zero-order valence-electron chi connectivity index (χ0n) is 12.8. The van der Waals surface area contributed by atoms with Crippen LogP contribution in [0.25, 0.3) is 0 Å². The maximum absolute atomic E-state index is 3.65. The van der Waals surface area contributed by atoms with Crippen molar-refractivity contribution in [3.8, 4) is 0 Å². The van der Waals surface area contributed by atoms with E-state index in [-0.39, 0.29) is 0 Å². The van der Waals surface area contributed by atoms with Crippen LogP contribution < -0.4 is 5.32 Å². The van der Waals surface area contributed by atoms with Gasteiger partial charge in [-0.15, -0.1) is 0 Å². The van der Waals surface area contributed by atoms with Gasteiger partial charge in [0.2, 0.25) is 0 Å². The molecule has 1 aliphatic heterocycles. The van der Waals surface area contributed by atoms with E-state index in [9.17, 15) is 0 Å². The molecule has 1 saturated carbocycles. The van der Waals surface area contributed by atoms with Crippen molar-refractivity contribution in [3.63, 3.8) is 0 Å². The third-order valence-electron chi connectivity index (χ3n) is 5.33. The first-order valence-electron chi connectivity index (χ1n) is 8.31. The lowest BCUT2D eigenvalue weighted by Gasteiger charge is -2.50. The van der Waals surface area contributed by atoms with Crippen LogP contribution in [0.5, 0.6) is 0 Å². The molecule has 1 aliphatic carbocycles. The van der Waals surface area contributed by atoms with Gasteiger partial charge in [-0.2, -0.15) is 0 Å². The number of piperazine rings is 1. The zero-order chi connectivity index (χ0) is 13.8. The second-order valence-electron chi connectivity index (χ2n) is 6.72. The van der Waals surface area contributed by atoms with Gasteiger partial charge in [0, 0.05) is 31.7 Å². The van der Waals surface area contributed by atoms with Gasteiger partial charge in [-0.25, -0.2) is 0 Å². The van der Waals surface area contributed by atoms with Crippen LogP contribution in [0, 0.1) is 0 Å². The molecule has 2 aliphatic rings. The molecule has 0 amide bonds. The zero-order valence-corrected chi connectivity index (χ0v) is 12.8. The highest BCUT2D eigenvalue weighted by Gasteiger charge is 2.39. The second kappa shape index (κ2) is 6.28. The van der Waals surface area contributed by atoms with E-state index < -0.39 is 0 Å². The molecule has 1 aromatic rings. The molecule has 1 heterocycles. The number of benzene rings is 1. The fourth-order valence-electron chi connectivity index (χ4n) is 4.09. The Hall–Kier alpha value is -0.860. The minimum Gasteiger partial charge on any atom is -0.314 e. The largest absolute Gasteiger partial charge is 0.314 e. The number of nitrogens with one attached hydrogen (secondary N) is 1. The normalized spacial score (nSPS) is 24.6. The van der Waals surface area contributed by atoms with E-state index in [4.69, 9.17) is 0 Å². The van der Waals surface area contributed by atoms with Crippen molar-refractivity contribution in [3.05, 3.63) is 35.9 Å². The fourth-order valence-corrected chi connectivity index (χ4v) is 4.09. The summed E-state index contributed by atoms with van der Waals surface area (Å²) in [5.41, 5.74) is 1.94. The fraction of sp³-hybridized carbons (Fsp3) is 0.667. The van der Waals surface area contributed by atoms with Crippen LogP contribution in [-0.2, 0) is 0 Å². The molecule has 1 unspecified atom stereocenters. The maximum atomic E-state index is 3.65. The molecule has 3 rings (SSSR count). The summed E-state index contributed by atoms with van der Waals surface area (Å²) in [6.07, 6.45) is 7.04. The van der Waals surface area contributed by atoms with Crippen LogP contribution in [-0.4, -0.2) is 36.6 Å². The Labute approximate surface area is 123 Å². The van der Waals surface area contributed by atoms with E-state index in [0.29, 0.717) is 11.5 Å². The van der Waals surface area contributed by atoms with Crippen molar-refractivity contribution in [1.29, 1.82) is 0 Å². The third-order valence-corrected chi connectivity index (χ3v) is 5.33. The lowest BCUT2D eigenvalue weighted by molar-refractivity contribution is 0.0238. The van der Waals surface area contributed by atoms with Gasteiger partial charge in [-0.1, -0.05) is 56.5 Å². The van der Waals surface area contributed by atoms with E-state index in [2.05, 4.69) is 47.5 Å². The topological polar surface area (TPSA) is 15.3 Å². The molecule has 1 spiro atoms. The summed E-state index contributed by atoms with van der Waals surface area (Å²) in [6.45, 7) is 7.18. The monoisotopic (exact) mass is 272 g/mol. The van der Waals surface area contributed by atoms with Crippen LogP contribution in [0.3, 0.4) is 0 Å².